The molecule has 2 amide bonds. The molecule has 1 aliphatic heterocycles. The van der Waals surface area contributed by atoms with E-state index in [1.54, 1.807) is 19.1 Å². The van der Waals surface area contributed by atoms with Gasteiger partial charge < -0.3 is 15.1 Å². The standard InChI is InChI=1S/C20H24ClN3O3/c1-14(22-20(26)18-3-2-12-27-18)19(25)23-17-8-10-24(11-9-17)13-15-4-6-16(21)7-5-15/h2-7,12,14,17H,8-11,13H2,1H3,(H,22,26)(H,23,25)/t14-/m0/s1. The van der Waals surface area contributed by atoms with E-state index < -0.39 is 6.04 Å². The lowest BCUT2D eigenvalue weighted by Crippen LogP contribution is -2.50. The molecule has 2 N–H and O–H groups in total. The Balaban J connectivity index is 1.41. The van der Waals surface area contributed by atoms with Crippen molar-refractivity contribution in [2.24, 2.45) is 0 Å². The van der Waals surface area contributed by atoms with Gasteiger partial charge in [-0.05, 0) is 49.6 Å². The average Bonchev–Trinajstić information content (AvgIpc) is 3.20. The largest absolute Gasteiger partial charge is 0.459 e. The maximum atomic E-state index is 12.3. The van der Waals surface area contributed by atoms with Crippen LogP contribution in [0.15, 0.2) is 47.1 Å². The summed E-state index contributed by atoms with van der Waals surface area (Å²) in [5.74, 6) is -0.364. The number of likely N-dealkylation sites (tertiary alicyclic amines) is 1. The highest BCUT2D eigenvalue weighted by molar-refractivity contribution is 6.30. The van der Waals surface area contributed by atoms with Crippen molar-refractivity contribution in [2.75, 3.05) is 13.1 Å². The quantitative estimate of drug-likeness (QED) is 0.796. The Hall–Kier alpha value is -2.31. The van der Waals surface area contributed by atoms with E-state index in [9.17, 15) is 9.59 Å². The van der Waals surface area contributed by atoms with Crippen molar-refractivity contribution in [1.29, 1.82) is 0 Å². The highest BCUT2D eigenvalue weighted by Crippen LogP contribution is 2.16. The molecule has 1 aliphatic rings. The van der Waals surface area contributed by atoms with Crippen molar-refractivity contribution in [3.63, 3.8) is 0 Å². The van der Waals surface area contributed by atoms with Crippen LogP contribution in [0.3, 0.4) is 0 Å². The number of halogens is 1. The highest BCUT2D eigenvalue weighted by Gasteiger charge is 2.24. The van der Waals surface area contributed by atoms with Gasteiger partial charge in [-0.15, -0.1) is 0 Å². The van der Waals surface area contributed by atoms with Gasteiger partial charge in [0.2, 0.25) is 5.91 Å². The summed E-state index contributed by atoms with van der Waals surface area (Å²) in [4.78, 5) is 26.7. The fourth-order valence-corrected chi connectivity index (χ4v) is 3.28. The number of hydrogen-bond acceptors (Lipinski definition) is 4. The van der Waals surface area contributed by atoms with Crippen molar-refractivity contribution in [1.82, 2.24) is 15.5 Å². The second kappa shape index (κ2) is 9.06. The van der Waals surface area contributed by atoms with E-state index in [-0.39, 0.29) is 23.6 Å². The Bertz CT molecular complexity index is 753. The number of carbonyl (C=O) groups excluding carboxylic acids is 2. The summed E-state index contributed by atoms with van der Waals surface area (Å²) in [6, 6.07) is 10.6. The van der Waals surface area contributed by atoms with Gasteiger partial charge in [0, 0.05) is 30.7 Å². The van der Waals surface area contributed by atoms with Gasteiger partial charge in [-0.2, -0.15) is 0 Å². The minimum absolute atomic E-state index is 0.127. The van der Waals surface area contributed by atoms with Crippen LogP contribution in [-0.4, -0.2) is 41.9 Å². The van der Waals surface area contributed by atoms with E-state index in [0.717, 1.165) is 37.5 Å². The third-order valence-corrected chi connectivity index (χ3v) is 4.99. The summed E-state index contributed by atoms with van der Waals surface area (Å²) in [5, 5.41) is 6.43. The molecule has 6 nitrogen and oxygen atoms in total. The normalized spacial score (nSPS) is 16.7. The fourth-order valence-electron chi connectivity index (χ4n) is 3.15. The molecule has 1 aromatic carbocycles. The first-order chi connectivity index (χ1) is 13.0. The number of hydrogen-bond donors (Lipinski definition) is 2. The second-order valence-corrected chi connectivity index (χ2v) is 7.29. The molecule has 2 heterocycles. The van der Waals surface area contributed by atoms with E-state index in [0.29, 0.717) is 0 Å². The predicted octanol–water partition coefficient (Wildman–Crippen LogP) is 2.83. The third-order valence-electron chi connectivity index (χ3n) is 4.74. The molecule has 0 radical (unpaired) electrons. The first-order valence-corrected chi connectivity index (χ1v) is 9.50. The van der Waals surface area contributed by atoms with Crippen LogP contribution < -0.4 is 10.6 Å². The van der Waals surface area contributed by atoms with Gasteiger partial charge >= 0.3 is 0 Å². The fraction of sp³-hybridized carbons (Fsp3) is 0.400. The molecule has 144 valence electrons. The van der Waals surface area contributed by atoms with Crippen LogP contribution in [0, 0.1) is 0 Å². The monoisotopic (exact) mass is 389 g/mol. The van der Waals surface area contributed by atoms with Crippen LogP contribution in [0.4, 0.5) is 0 Å². The number of piperidine rings is 1. The smallest absolute Gasteiger partial charge is 0.287 e. The molecular weight excluding hydrogens is 366 g/mol. The third kappa shape index (κ3) is 5.58. The van der Waals surface area contributed by atoms with Crippen molar-refractivity contribution < 1.29 is 14.0 Å². The molecule has 27 heavy (non-hydrogen) atoms. The molecule has 1 saturated heterocycles. The number of benzene rings is 1. The Morgan fingerprint density at radius 1 is 1.22 bits per heavy atom. The van der Waals surface area contributed by atoms with Gasteiger partial charge in [-0.3, -0.25) is 14.5 Å². The van der Waals surface area contributed by atoms with Gasteiger partial charge in [-0.1, -0.05) is 23.7 Å². The number of amides is 2. The Kier molecular flexibility index (Phi) is 6.53. The van der Waals surface area contributed by atoms with E-state index in [2.05, 4.69) is 15.5 Å². The summed E-state index contributed by atoms with van der Waals surface area (Å²) >= 11 is 5.92. The summed E-state index contributed by atoms with van der Waals surface area (Å²) in [7, 11) is 0. The molecule has 0 spiro atoms. The van der Waals surface area contributed by atoms with E-state index in [1.807, 2.05) is 24.3 Å². The molecule has 0 aliphatic carbocycles. The van der Waals surface area contributed by atoms with Crippen LogP contribution in [0.5, 0.6) is 0 Å². The van der Waals surface area contributed by atoms with Crippen molar-refractivity contribution in [3.05, 3.63) is 59.0 Å². The summed E-state index contributed by atoms with van der Waals surface area (Å²) in [6.07, 6.45) is 3.20. The number of nitrogens with zero attached hydrogens (tertiary/aromatic N) is 1. The van der Waals surface area contributed by atoms with Crippen LogP contribution in [0.2, 0.25) is 5.02 Å². The second-order valence-electron chi connectivity index (χ2n) is 6.86. The molecule has 1 fully saturated rings. The molecule has 1 aromatic heterocycles. The molecule has 1 atom stereocenters. The van der Waals surface area contributed by atoms with Crippen molar-refractivity contribution >= 4 is 23.4 Å². The number of furan rings is 1. The topological polar surface area (TPSA) is 74.6 Å². The van der Waals surface area contributed by atoms with E-state index >= 15 is 0 Å². The number of rotatable bonds is 6. The van der Waals surface area contributed by atoms with Gasteiger partial charge in [0.1, 0.15) is 6.04 Å². The number of nitrogens with one attached hydrogen (secondary N) is 2. The molecule has 0 bridgehead atoms. The predicted molar refractivity (Wildman–Crippen MR) is 104 cm³/mol. The zero-order valence-electron chi connectivity index (χ0n) is 15.3. The van der Waals surface area contributed by atoms with Gasteiger partial charge in [-0.25, -0.2) is 0 Å². The maximum absolute atomic E-state index is 12.3. The summed E-state index contributed by atoms with van der Waals surface area (Å²) in [5.41, 5.74) is 1.23. The highest BCUT2D eigenvalue weighted by atomic mass is 35.5. The zero-order valence-corrected chi connectivity index (χ0v) is 16.0. The van der Waals surface area contributed by atoms with Crippen molar-refractivity contribution in [3.8, 4) is 0 Å². The lowest BCUT2D eigenvalue weighted by molar-refractivity contribution is -0.123. The minimum atomic E-state index is -0.616. The van der Waals surface area contributed by atoms with E-state index in [1.165, 1.54) is 11.8 Å². The molecule has 7 heteroatoms. The van der Waals surface area contributed by atoms with Gasteiger partial charge in [0.25, 0.3) is 5.91 Å². The van der Waals surface area contributed by atoms with Crippen LogP contribution in [-0.2, 0) is 11.3 Å². The summed E-state index contributed by atoms with van der Waals surface area (Å²) in [6.45, 7) is 4.39. The first kappa shape index (κ1) is 19.5. The molecule has 0 saturated carbocycles. The Labute approximate surface area is 163 Å². The Morgan fingerprint density at radius 2 is 1.93 bits per heavy atom. The van der Waals surface area contributed by atoms with Gasteiger partial charge in [0.15, 0.2) is 5.76 Å². The molecule has 2 aromatic rings. The Morgan fingerprint density at radius 3 is 2.56 bits per heavy atom. The molecule has 3 rings (SSSR count). The SMILES string of the molecule is C[C@H](NC(=O)c1ccco1)C(=O)NC1CCN(Cc2ccc(Cl)cc2)CC1. The molecule has 0 unspecified atom stereocenters. The van der Waals surface area contributed by atoms with Crippen LogP contribution in [0.1, 0.15) is 35.9 Å². The van der Waals surface area contributed by atoms with Crippen molar-refractivity contribution in [2.45, 2.75) is 38.4 Å². The first-order valence-electron chi connectivity index (χ1n) is 9.13. The van der Waals surface area contributed by atoms with Gasteiger partial charge in [0.05, 0.1) is 6.26 Å². The van der Waals surface area contributed by atoms with Crippen LogP contribution in [0.25, 0.3) is 0 Å². The van der Waals surface area contributed by atoms with Crippen LogP contribution >= 0.6 is 11.6 Å². The van der Waals surface area contributed by atoms with E-state index in [4.69, 9.17) is 16.0 Å². The molecular formula is C20H24ClN3O3. The number of carbonyl (C=O) groups is 2. The summed E-state index contributed by atoms with van der Waals surface area (Å²) < 4.78 is 5.04. The average molecular weight is 390 g/mol. The maximum Gasteiger partial charge on any atom is 0.287 e. The lowest BCUT2D eigenvalue weighted by Gasteiger charge is -2.33. The zero-order chi connectivity index (χ0) is 19.2. The minimum Gasteiger partial charge on any atom is -0.459 e. The lowest BCUT2D eigenvalue weighted by atomic mass is 10.0.